The summed E-state index contributed by atoms with van der Waals surface area (Å²) < 4.78 is 57.2. The number of hydrogen-bond donors (Lipinski definition) is 2. The van der Waals surface area contributed by atoms with Crippen molar-refractivity contribution in [2.75, 3.05) is 17.0 Å². The van der Waals surface area contributed by atoms with Gasteiger partial charge in [-0.2, -0.15) is 10.2 Å². The Kier molecular flexibility index (Phi) is 4.97. The first-order chi connectivity index (χ1) is 12.6. The number of fused-ring (bicyclic) bond motifs is 1. The third-order valence-electron chi connectivity index (χ3n) is 4.05. The number of pyridine rings is 1. The maximum absolute atomic E-state index is 12.5. The Hall–Kier alpha value is -2.44. The zero-order chi connectivity index (χ0) is 19.8. The van der Waals surface area contributed by atoms with E-state index in [0.29, 0.717) is 17.1 Å². The van der Waals surface area contributed by atoms with Gasteiger partial charge in [0.25, 0.3) is 0 Å². The van der Waals surface area contributed by atoms with Crippen molar-refractivity contribution in [1.82, 2.24) is 24.1 Å². The van der Waals surface area contributed by atoms with Gasteiger partial charge >= 0.3 is 0 Å². The minimum absolute atomic E-state index is 0.0709. The molecule has 0 saturated heterocycles. The standard InChI is InChI=1S/C15H20N6O4S2/c1-11-15(12(2)20(3)18-11)27(24,25)17-7-9-26(22,23)19-13-5-8-21-14(10-13)4-6-16-21/h4-6,8,10,17,19H,7,9H2,1-3H3. The van der Waals surface area contributed by atoms with E-state index in [1.165, 1.54) is 4.68 Å². The van der Waals surface area contributed by atoms with E-state index >= 15 is 0 Å². The minimum Gasteiger partial charge on any atom is -0.283 e. The molecule has 27 heavy (non-hydrogen) atoms. The number of nitrogens with zero attached hydrogens (tertiary/aromatic N) is 4. The van der Waals surface area contributed by atoms with Crippen LogP contribution in [-0.4, -0.2) is 48.5 Å². The second kappa shape index (κ2) is 6.94. The predicted molar refractivity (Wildman–Crippen MR) is 100 cm³/mol. The van der Waals surface area contributed by atoms with Crippen molar-refractivity contribution in [3.8, 4) is 0 Å². The first-order valence-corrected chi connectivity index (χ1v) is 11.2. The molecule has 0 aromatic carbocycles. The molecular formula is C15H20N6O4S2. The van der Waals surface area contributed by atoms with Gasteiger partial charge in [-0.1, -0.05) is 0 Å². The highest BCUT2D eigenvalue weighted by Gasteiger charge is 2.24. The van der Waals surface area contributed by atoms with Crippen LogP contribution in [0.3, 0.4) is 0 Å². The SMILES string of the molecule is Cc1nn(C)c(C)c1S(=O)(=O)NCCS(=O)(=O)Nc1ccn2nccc2c1. The van der Waals surface area contributed by atoms with Crippen molar-refractivity contribution in [1.29, 1.82) is 0 Å². The molecule has 0 unspecified atom stereocenters. The maximum Gasteiger partial charge on any atom is 0.244 e. The van der Waals surface area contributed by atoms with Gasteiger partial charge in [0.05, 0.1) is 28.3 Å². The number of nitrogens with one attached hydrogen (secondary N) is 2. The van der Waals surface area contributed by atoms with Crippen molar-refractivity contribution in [3.05, 3.63) is 42.0 Å². The molecule has 12 heteroatoms. The fourth-order valence-corrected chi connectivity index (χ4v) is 5.30. The van der Waals surface area contributed by atoms with Crippen molar-refractivity contribution < 1.29 is 16.8 Å². The van der Waals surface area contributed by atoms with E-state index in [4.69, 9.17) is 0 Å². The van der Waals surface area contributed by atoms with Crippen LogP contribution in [0.1, 0.15) is 11.4 Å². The Morgan fingerprint density at radius 2 is 1.89 bits per heavy atom. The second-order valence-electron chi connectivity index (χ2n) is 6.06. The van der Waals surface area contributed by atoms with Crippen LogP contribution in [0.2, 0.25) is 0 Å². The third-order valence-corrected chi connectivity index (χ3v) is 7.05. The molecule has 3 heterocycles. The molecule has 0 aliphatic carbocycles. The summed E-state index contributed by atoms with van der Waals surface area (Å²) in [7, 11) is -5.94. The lowest BCUT2D eigenvalue weighted by atomic mass is 10.4. The van der Waals surface area contributed by atoms with Gasteiger partial charge in [0.1, 0.15) is 4.90 Å². The molecule has 0 saturated carbocycles. The van der Waals surface area contributed by atoms with Crippen molar-refractivity contribution in [3.63, 3.8) is 0 Å². The highest BCUT2D eigenvalue weighted by Crippen LogP contribution is 2.18. The lowest BCUT2D eigenvalue weighted by Gasteiger charge is -2.10. The molecule has 2 N–H and O–H groups in total. The monoisotopic (exact) mass is 412 g/mol. The van der Waals surface area contributed by atoms with Crippen LogP contribution in [0.5, 0.6) is 0 Å². The molecule has 0 fully saturated rings. The summed E-state index contributed by atoms with van der Waals surface area (Å²) in [4.78, 5) is 0.0709. The zero-order valence-electron chi connectivity index (χ0n) is 15.0. The van der Waals surface area contributed by atoms with Gasteiger partial charge < -0.3 is 0 Å². The molecule has 0 atom stereocenters. The zero-order valence-corrected chi connectivity index (χ0v) is 16.7. The molecule has 10 nitrogen and oxygen atoms in total. The molecule has 0 amide bonds. The fourth-order valence-electron chi connectivity index (χ4n) is 2.74. The van der Waals surface area contributed by atoms with E-state index in [9.17, 15) is 16.8 Å². The summed E-state index contributed by atoms with van der Waals surface area (Å²) in [6.07, 6.45) is 3.23. The van der Waals surface area contributed by atoms with E-state index in [1.807, 2.05) is 0 Å². The molecule has 0 bridgehead atoms. The smallest absolute Gasteiger partial charge is 0.244 e. The molecule has 0 aliphatic rings. The minimum atomic E-state index is -3.85. The summed E-state index contributed by atoms with van der Waals surface area (Å²) in [6, 6.07) is 4.95. The first kappa shape index (κ1) is 19.3. The molecule has 3 aromatic heterocycles. The normalized spacial score (nSPS) is 12.6. The fraction of sp³-hybridized carbons (Fsp3) is 0.333. The maximum atomic E-state index is 12.5. The average Bonchev–Trinajstić information content (AvgIpc) is 3.10. The van der Waals surface area contributed by atoms with Gasteiger partial charge in [-0.15, -0.1) is 0 Å². The predicted octanol–water partition coefficient (Wildman–Crippen LogP) is 0.405. The Balaban J connectivity index is 1.66. The lowest BCUT2D eigenvalue weighted by molar-refractivity contribution is 0.580. The quantitative estimate of drug-likeness (QED) is 0.578. The molecule has 0 radical (unpaired) electrons. The number of aryl methyl sites for hydroxylation is 2. The highest BCUT2D eigenvalue weighted by atomic mass is 32.2. The number of rotatable bonds is 7. The van der Waals surface area contributed by atoms with E-state index in [2.05, 4.69) is 19.6 Å². The molecule has 3 aromatic rings. The van der Waals surface area contributed by atoms with Crippen molar-refractivity contribution in [2.45, 2.75) is 18.7 Å². The topological polar surface area (TPSA) is 127 Å². The van der Waals surface area contributed by atoms with Crippen LogP contribution in [0.4, 0.5) is 5.69 Å². The van der Waals surface area contributed by atoms with Gasteiger partial charge in [0.2, 0.25) is 20.0 Å². The van der Waals surface area contributed by atoms with Gasteiger partial charge in [-0.25, -0.2) is 26.1 Å². The van der Waals surface area contributed by atoms with E-state index in [1.54, 1.807) is 56.0 Å². The lowest BCUT2D eigenvalue weighted by Crippen LogP contribution is -2.31. The Bertz CT molecular complexity index is 1190. The summed E-state index contributed by atoms with van der Waals surface area (Å²) in [6.45, 7) is 2.96. The third kappa shape index (κ3) is 4.12. The first-order valence-electron chi connectivity index (χ1n) is 8.03. The van der Waals surface area contributed by atoms with Crippen LogP contribution in [0, 0.1) is 13.8 Å². The van der Waals surface area contributed by atoms with E-state index in [0.717, 1.165) is 5.52 Å². The molecule has 0 spiro atoms. The summed E-state index contributed by atoms with van der Waals surface area (Å²) in [5.74, 6) is -0.408. The molecule has 0 aliphatic heterocycles. The second-order valence-corrected chi connectivity index (χ2v) is 9.60. The van der Waals surface area contributed by atoms with Crippen LogP contribution in [0.15, 0.2) is 35.5 Å². The van der Waals surface area contributed by atoms with E-state index in [-0.39, 0.29) is 11.4 Å². The van der Waals surface area contributed by atoms with Crippen LogP contribution in [-0.2, 0) is 27.1 Å². The van der Waals surface area contributed by atoms with Crippen LogP contribution in [0.25, 0.3) is 5.52 Å². The van der Waals surface area contributed by atoms with E-state index < -0.39 is 25.8 Å². The Morgan fingerprint density at radius 3 is 2.56 bits per heavy atom. The summed E-state index contributed by atoms with van der Waals surface area (Å²) >= 11 is 0. The van der Waals surface area contributed by atoms with Gasteiger partial charge in [-0.05, 0) is 32.0 Å². The van der Waals surface area contributed by atoms with Crippen LogP contribution >= 0.6 is 0 Å². The summed E-state index contributed by atoms with van der Waals surface area (Å²) in [5.41, 5.74) is 1.95. The van der Waals surface area contributed by atoms with Gasteiger partial charge in [-0.3, -0.25) is 9.40 Å². The van der Waals surface area contributed by atoms with Crippen molar-refractivity contribution in [2.24, 2.45) is 7.05 Å². The Morgan fingerprint density at radius 1 is 1.15 bits per heavy atom. The number of hydrogen-bond acceptors (Lipinski definition) is 6. The average molecular weight is 412 g/mol. The van der Waals surface area contributed by atoms with Crippen LogP contribution < -0.4 is 9.44 Å². The molecule has 146 valence electrons. The number of aromatic nitrogens is 4. The number of anilines is 1. The summed E-state index contributed by atoms with van der Waals surface area (Å²) in [5, 5.41) is 8.10. The number of sulfonamides is 2. The highest BCUT2D eigenvalue weighted by molar-refractivity contribution is 7.92. The Labute approximate surface area is 157 Å². The van der Waals surface area contributed by atoms with Gasteiger partial charge in [0, 0.05) is 26.0 Å². The largest absolute Gasteiger partial charge is 0.283 e. The van der Waals surface area contributed by atoms with Gasteiger partial charge in [0.15, 0.2) is 0 Å². The molecular weight excluding hydrogens is 392 g/mol. The van der Waals surface area contributed by atoms with Crippen molar-refractivity contribution >= 4 is 31.3 Å². The molecule has 3 rings (SSSR count).